The second-order valence-corrected chi connectivity index (χ2v) is 6.45. The van der Waals surface area contributed by atoms with E-state index in [1.807, 2.05) is 24.3 Å². The molecule has 0 atom stereocenters. The van der Waals surface area contributed by atoms with E-state index in [1.54, 1.807) is 7.05 Å². The van der Waals surface area contributed by atoms with E-state index in [1.165, 1.54) is 6.42 Å². The predicted molar refractivity (Wildman–Crippen MR) is 130 cm³/mol. The van der Waals surface area contributed by atoms with Crippen LogP contribution in [-0.4, -0.2) is 63.1 Å². The first-order valence-corrected chi connectivity index (χ1v) is 10.2. The molecule has 160 valence electrons. The van der Waals surface area contributed by atoms with Gasteiger partial charge < -0.3 is 20.9 Å². The summed E-state index contributed by atoms with van der Waals surface area (Å²) in [6.45, 7) is 12.3. The van der Waals surface area contributed by atoms with E-state index in [0.717, 1.165) is 63.6 Å². The molecule has 0 bridgehead atoms. The highest BCUT2D eigenvalue weighted by molar-refractivity contribution is 14.0. The molecule has 1 amide bonds. The summed E-state index contributed by atoms with van der Waals surface area (Å²) in [6, 6.07) is 7.75. The fourth-order valence-electron chi connectivity index (χ4n) is 2.86. The number of amides is 1. The highest BCUT2D eigenvalue weighted by Gasteiger charge is 2.04. The zero-order valence-corrected chi connectivity index (χ0v) is 20.2. The van der Waals surface area contributed by atoms with Gasteiger partial charge in [0.1, 0.15) is 0 Å². The van der Waals surface area contributed by atoms with Gasteiger partial charge in [-0.1, -0.05) is 26.0 Å². The van der Waals surface area contributed by atoms with Crippen LogP contribution in [0, 0.1) is 0 Å². The molecule has 28 heavy (non-hydrogen) atoms. The maximum atomic E-state index is 11.7. The van der Waals surface area contributed by atoms with Gasteiger partial charge in [0.05, 0.1) is 0 Å². The van der Waals surface area contributed by atoms with Gasteiger partial charge in [0, 0.05) is 32.2 Å². The van der Waals surface area contributed by atoms with Gasteiger partial charge in [-0.05, 0) is 63.5 Å². The Hall–Kier alpha value is -1.35. The van der Waals surface area contributed by atoms with Crippen LogP contribution in [0.1, 0.15) is 49.5 Å². The van der Waals surface area contributed by atoms with Gasteiger partial charge in [0.15, 0.2) is 5.96 Å². The number of nitrogens with zero attached hydrogens (tertiary/aromatic N) is 2. The molecule has 0 fully saturated rings. The topological polar surface area (TPSA) is 68.8 Å². The van der Waals surface area contributed by atoms with Gasteiger partial charge >= 0.3 is 0 Å². The van der Waals surface area contributed by atoms with E-state index in [4.69, 9.17) is 0 Å². The number of unbranched alkanes of at least 4 members (excludes halogenated alkanes) is 1. The van der Waals surface area contributed by atoms with Crippen molar-refractivity contribution < 1.29 is 4.79 Å². The van der Waals surface area contributed by atoms with Crippen LogP contribution in [0.4, 0.5) is 0 Å². The summed E-state index contributed by atoms with van der Waals surface area (Å²) >= 11 is 0. The van der Waals surface area contributed by atoms with E-state index >= 15 is 0 Å². The number of carbonyl (C=O) groups excluding carboxylic acids is 1. The normalized spacial score (nSPS) is 11.1. The Kier molecular flexibility index (Phi) is 15.8. The average Bonchev–Trinajstić information content (AvgIpc) is 2.70. The van der Waals surface area contributed by atoms with Crippen molar-refractivity contribution >= 4 is 35.8 Å². The molecule has 0 heterocycles. The van der Waals surface area contributed by atoms with Crippen LogP contribution in [0.2, 0.25) is 0 Å². The third-order valence-corrected chi connectivity index (χ3v) is 4.51. The molecule has 1 aromatic carbocycles. The molecule has 0 spiro atoms. The Morgan fingerprint density at radius 3 is 2.50 bits per heavy atom. The molecule has 3 N–H and O–H groups in total. The SMILES string of the molecule is CCNC(=NCCCCN(CC)CC)NCCc1cccc(C(=O)NC)c1.I. The second kappa shape index (κ2) is 16.6. The van der Waals surface area contributed by atoms with Crippen LogP contribution in [-0.2, 0) is 6.42 Å². The molecular weight excluding hydrogens is 465 g/mol. The van der Waals surface area contributed by atoms with Crippen molar-refractivity contribution in [2.75, 3.05) is 46.3 Å². The summed E-state index contributed by atoms with van der Waals surface area (Å²) in [6.07, 6.45) is 3.12. The predicted octanol–water partition coefficient (Wildman–Crippen LogP) is 2.88. The minimum Gasteiger partial charge on any atom is -0.357 e. The largest absolute Gasteiger partial charge is 0.357 e. The van der Waals surface area contributed by atoms with E-state index in [9.17, 15) is 4.79 Å². The van der Waals surface area contributed by atoms with Gasteiger partial charge in [-0.2, -0.15) is 0 Å². The first-order valence-electron chi connectivity index (χ1n) is 10.2. The van der Waals surface area contributed by atoms with Crippen LogP contribution in [0.3, 0.4) is 0 Å². The number of carbonyl (C=O) groups is 1. The molecule has 0 unspecified atom stereocenters. The highest BCUT2D eigenvalue weighted by Crippen LogP contribution is 2.05. The van der Waals surface area contributed by atoms with E-state index in [-0.39, 0.29) is 29.9 Å². The van der Waals surface area contributed by atoms with Crippen LogP contribution in [0.15, 0.2) is 29.3 Å². The summed E-state index contributed by atoms with van der Waals surface area (Å²) in [5.41, 5.74) is 1.84. The molecule has 0 radical (unpaired) electrons. The average molecular weight is 503 g/mol. The Morgan fingerprint density at radius 2 is 1.86 bits per heavy atom. The smallest absolute Gasteiger partial charge is 0.251 e. The van der Waals surface area contributed by atoms with Crippen molar-refractivity contribution in [3.05, 3.63) is 35.4 Å². The van der Waals surface area contributed by atoms with Crippen molar-refractivity contribution in [2.45, 2.75) is 40.0 Å². The Morgan fingerprint density at radius 1 is 1.11 bits per heavy atom. The molecule has 0 aliphatic carbocycles. The molecule has 0 aliphatic rings. The lowest BCUT2D eigenvalue weighted by Crippen LogP contribution is -2.38. The number of guanidine groups is 1. The summed E-state index contributed by atoms with van der Waals surface area (Å²) in [4.78, 5) is 18.8. The molecule has 1 aromatic rings. The van der Waals surface area contributed by atoms with Gasteiger partial charge in [-0.15, -0.1) is 24.0 Å². The molecule has 7 heteroatoms. The van der Waals surface area contributed by atoms with Crippen molar-refractivity contribution in [2.24, 2.45) is 4.99 Å². The first-order chi connectivity index (χ1) is 13.1. The monoisotopic (exact) mass is 503 g/mol. The van der Waals surface area contributed by atoms with Crippen molar-refractivity contribution in [3.8, 4) is 0 Å². The third-order valence-electron chi connectivity index (χ3n) is 4.51. The van der Waals surface area contributed by atoms with E-state index in [2.05, 4.69) is 46.6 Å². The maximum absolute atomic E-state index is 11.7. The summed E-state index contributed by atoms with van der Waals surface area (Å²) < 4.78 is 0. The Labute approximate surface area is 188 Å². The summed E-state index contributed by atoms with van der Waals surface area (Å²) in [7, 11) is 1.65. The number of hydrogen-bond acceptors (Lipinski definition) is 3. The lowest BCUT2D eigenvalue weighted by molar-refractivity contribution is 0.0963. The quantitative estimate of drug-likeness (QED) is 0.178. The lowest BCUT2D eigenvalue weighted by atomic mass is 10.1. The number of halogens is 1. The number of rotatable bonds is 12. The molecule has 0 aromatic heterocycles. The highest BCUT2D eigenvalue weighted by atomic mass is 127. The number of aliphatic imine (C=N–C) groups is 1. The van der Waals surface area contributed by atoms with Crippen LogP contribution in [0.25, 0.3) is 0 Å². The number of hydrogen-bond donors (Lipinski definition) is 3. The second-order valence-electron chi connectivity index (χ2n) is 6.45. The van der Waals surface area contributed by atoms with Gasteiger partial charge in [-0.3, -0.25) is 9.79 Å². The van der Waals surface area contributed by atoms with Crippen molar-refractivity contribution in [1.82, 2.24) is 20.9 Å². The van der Waals surface area contributed by atoms with E-state index in [0.29, 0.717) is 5.56 Å². The third kappa shape index (κ3) is 10.8. The lowest BCUT2D eigenvalue weighted by Gasteiger charge is -2.17. The first kappa shape index (κ1) is 26.6. The van der Waals surface area contributed by atoms with Crippen molar-refractivity contribution in [1.29, 1.82) is 0 Å². The molecule has 0 aliphatic heterocycles. The molecule has 6 nitrogen and oxygen atoms in total. The minimum absolute atomic E-state index is 0. The van der Waals surface area contributed by atoms with Gasteiger partial charge in [0.25, 0.3) is 5.91 Å². The van der Waals surface area contributed by atoms with Crippen LogP contribution < -0.4 is 16.0 Å². The maximum Gasteiger partial charge on any atom is 0.251 e. The van der Waals surface area contributed by atoms with Gasteiger partial charge in [-0.25, -0.2) is 0 Å². The number of nitrogens with one attached hydrogen (secondary N) is 3. The zero-order valence-electron chi connectivity index (χ0n) is 17.9. The molecule has 0 saturated heterocycles. The fourth-order valence-corrected chi connectivity index (χ4v) is 2.86. The van der Waals surface area contributed by atoms with Crippen LogP contribution >= 0.6 is 24.0 Å². The Balaban J connectivity index is 0.00000729. The number of benzene rings is 1. The van der Waals surface area contributed by atoms with Crippen LogP contribution in [0.5, 0.6) is 0 Å². The summed E-state index contributed by atoms with van der Waals surface area (Å²) in [5.74, 6) is 0.812. The minimum atomic E-state index is -0.0515. The molecule has 0 saturated carbocycles. The zero-order chi connectivity index (χ0) is 19.9. The standard InChI is InChI=1S/C21H37N5O.HI/c1-5-23-21(24-14-8-9-16-26(6-2)7-3)25-15-13-18-11-10-12-19(17-18)20(27)22-4;/h10-12,17H,5-9,13-16H2,1-4H3,(H,22,27)(H2,23,24,25);1H. The Bertz CT molecular complexity index is 576. The van der Waals surface area contributed by atoms with Crippen molar-refractivity contribution in [3.63, 3.8) is 0 Å². The molecular formula is C21H38IN5O. The van der Waals surface area contributed by atoms with E-state index < -0.39 is 0 Å². The summed E-state index contributed by atoms with van der Waals surface area (Å²) in [5, 5.41) is 9.34. The fraction of sp³-hybridized carbons (Fsp3) is 0.619. The van der Waals surface area contributed by atoms with Gasteiger partial charge in [0.2, 0.25) is 0 Å². The molecule has 1 rings (SSSR count).